The summed E-state index contributed by atoms with van der Waals surface area (Å²) in [6.45, 7) is 3.33. The van der Waals surface area contributed by atoms with Crippen molar-refractivity contribution in [2.45, 2.75) is 50.7 Å². The van der Waals surface area contributed by atoms with Crippen LogP contribution in [0.2, 0.25) is 0 Å². The third-order valence-corrected chi connectivity index (χ3v) is 6.56. The summed E-state index contributed by atoms with van der Waals surface area (Å²) in [7, 11) is 1.71. The van der Waals surface area contributed by atoms with Crippen LogP contribution in [0.25, 0.3) is 0 Å². The number of hydrogen-bond donors (Lipinski definition) is 1. The molecule has 170 valence electrons. The van der Waals surface area contributed by atoms with Gasteiger partial charge in [-0.05, 0) is 37.3 Å². The lowest BCUT2D eigenvalue weighted by atomic mass is 9.98. The van der Waals surface area contributed by atoms with Crippen LogP contribution in [-0.4, -0.2) is 54.4 Å². The molecule has 32 heavy (non-hydrogen) atoms. The van der Waals surface area contributed by atoms with Crippen molar-refractivity contribution in [1.29, 1.82) is 0 Å². The van der Waals surface area contributed by atoms with Gasteiger partial charge in [-0.1, -0.05) is 48.5 Å². The van der Waals surface area contributed by atoms with Crippen LogP contribution in [0.5, 0.6) is 5.75 Å². The van der Waals surface area contributed by atoms with E-state index in [-0.39, 0.29) is 17.9 Å². The molecule has 1 unspecified atom stereocenters. The first-order valence-corrected chi connectivity index (χ1v) is 11.6. The number of benzene rings is 2. The van der Waals surface area contributed by atoms with Gasteiger partial charge in [-0.3, -0.25) is 14.5 Å². The van der Waals surface area contributed by atoms with Gasteiger partial charge < -0.3 is 15.0 Å². The van der Waals surface area contributed by atoms with Crippen LogP contribution in [0.3, 0.4) is 0 Å². The highest BCUT2D eigenvalue weighted by atomic mass is 16.5. The number of carbonyl (C=O) groups excluding carboxylic acids is 2. The van der Waals surface area contributed by atoms with Gasteiger partial charge in [0.05, 0.1) is 7.11 Å². The molecule has 0 radical (unpaired) electrons. The number of para-hydroxylation sites is 1. The molecule has 2 aromatic rings. The van der Waals surface area contributed by atoms with Gasteiger partial charge in [0.2, 0.25) is 11.8 Å². The molecule has 0 aliphatic carbocycles. The zero-order valence-electron chi connectivity index (χ0n) is 18.8. The zero-order chi connectivity index (χ0) is 22.3. The Kier molecular flexibility index (Phi) is 7.43. The van der Waals surface area contributed by atoms with Crippen LogP contribution in [0.4, 0.5) is 0 Å². The summed E-state index contributed by atoms with van der Waals surface area (Å²) in [5.74, 6) is 0.932. The van der Waals surface area contributed by atoms with E-state index < -0.39 is 6.04 Å². The fraction of sp³-hybridized carbons (Fsp3) is 0.462. The second-order valence-electron chi connectivity index (χ2n) is 8.73. The molecule has 6 nitrogen and oxygen atoms in total. The van der Waals surface area contributed by atoms with Gasteiger partial charge in [0.15, 0.2) is 0 Å². The maximum absolute atomic E-state index is 13.4. The molecular formula is C26H33N3O3. The van der Waals surface area contributed by atoms with Crippen molar-refractivity contribution in [3.63, 3.8) is 0 Å². The first kappa shape index (κ1) is 22.3. The molecule has 0 saturated carbocycles. The summed E-state index contributed by atoms with van der Waals surface area (Å²) < 4.78 is 5.48. The van der Waals surface area contributed by atoms with E-state index in [0.29, 0.717) is 13.0 Å². The smallest absolute Gasteiger partial charge is 0.247 e. The average Bonchev–Trinajstić information content (AvgIpc) is 2.83. The lowest BCUT2D eigenvalue weighted by Crippen LogP contribution is -2.50. The predicted octanol–water partition coefficient (Wildman–Crippen LogP) is 3.53. The number of piperidine rings is 2. The molecule has 2 aliphatic rings. The highest BCUT2D eigenvalue weighted by Gasteiger charge is 2.34. The molecule has 1 atom stereocenters. The largest absolute Gasteiger partial charge is 0.496 e. The number of methoxy groups -OCH3 is 1. The topological polar surface area (TPSA) is 61.9 Å². The van der Waals surface area contributed by atoms with Crippen LogP contribution in [0, 0.1) is 0 Å². The van der Waals surface area contributed by atoms with E-state index in [4.69, 9.17) is 4.74 Å². The van der Waals surface area contributed by atoms with Crippen molar-refractivity contribution >= 4 is 11.8 Å². The molecule has 2 saturated heterocycles. The van der Waals surface area contributed by atoms with Crippen molar-refractivity contribution in [1.82, 2.24) is 15.1 Å². The number of hydrogen-bond acceptors (Lipinski definition) is 4. The normalized spacial score (nSPS) is 18.9. The van der Waals surface area contributed by atoms with Crippen LogP contribution >= 0.6 is 0 Å². The Morgan fingerprint density at radius 1 is 1.03 bits per heavy atom. The number of amides is 2. The molecule has 2 fully saturated rings. The average molecular weight is 436 g/mol. The zero-order valence-corrected chi connectivity index (χ0v) is 18.8. The summed E-state index contributed by atoms with van der Waals surface area (Å²) in [6, 6.07) is 17.4. The second-order valence-corrected chi connectivity index (χ2v) is 8.73. The summed E-state index contributed by atoms with van der Waals surface area (Å²) in [4.78, 5) is 30.2. The third kappa shape index (κ3) is 5.30. The molecule has 0 spiro atoms. The fourth-order valence-corrected chi connectivity index (χ4v) is 4.80. The quantitative estimate of drug-likeness (QED) is 0.723. The number of ether oxygens (including phenoxy) is 1. The summed E-state index contributed by atoms with van der Waals surface area (Å²) in [5, 5.41) is 3.26. The first-order chi connectivity index (χ1) is 15.7. The van der Waals surface area contributed by atoms with Crippen molar-refractivity contribution < 1.29 is 14.3 Å². The van der Waals surface area contributed by atoms with Gasteiger partial charge in [0.25, 0.3) is 0 Å². The SMILES string of the molecule is COc1ccccc1CN1CCC(NC(=O)C(c2ccccc2)N2CCCCC2=O)CC1. The van der Waals surface area contributed by atoms with Crippen molar-refractivity contribution in [2.24, 2.45) is 0 Å². The number of nitrogens with one attached hydrogen (secondary N) is 1. The minimum atomic E-state index is -0.546. The lowest BCUT2D eigenvalue weighted by Gasteiger charge is -2.37. The van der Waals surface area contributed by atoms with Gasteiger partial charge in [-0.25, -0.2) is 0 Å². The highest BCUT2D eigenvalue weighted by Crippen LogP contribution is 2.27. The van der Waals surface area contributed by atoms with Crippen LogP contribution < -0.4 is 10.1 Å². The molecule has 4 rings (SSSR count). The molecule has 2 aliphatic heterocycles. The van der Waals surface area contributed by atoms with Crippen molar-refractivity contribution in [3.8, 4) is 5.75 Å². The molecular weight excluding hydrogens is 402 g/mol. The van der Waals surface area contributed by atoms with Gasteiger partial charge in [-0.2, -0.15) is 0 Å². The summed E-state index contributed by atoms with van der Waals surface area (Å²) >= 11 is 0. The standard InChI is InChI=1S/C26H33N3O3/c1-32-23-12-6-5-11-21(23)19-28-17-14-22(15-18-28)27-26(31)25(20-9-3-2-4-10-20)29-16-8-7-13-24(29)30/h2-6,9-12,22,25H,7-8,13-19H2,1H3,(H,27,31). The van der Waals surface area contributed by atoms with Gasteiger partial charge in [-0.15, -0.1) is 0 Å². The molecule has 2 amide bonds. The maximum Gasteiger partial charge on any atom is 0.247 e. The summed E-state index contributed by atoms with van der Waals surface area (Å²) in [6.07, 6.45) is 4.18. The minimum absolute atomic E-state index is 0.0605. The fourth-order valence-electron chi connectivity index (χ4n) is 4.80. The van der Waals surface area contributed by atoms with E-state index in [1.807, 2.05) is 48.5 Å². The molecule has 0 bridgehead atoms. The maximum atomic E-state index is 13.4. The molecule has 6 heteroatoms. The highest BCUT2D eigenvalue weighted by molar-refractivity contribution is 5.89. The molecule has 2 aromatic carbocycles. The Balaban J connectivity index is 1.37. The monoisotopic (exact) mass is 435 g/mol. The molecule has 0 aromatic heterocycles. The van der Waals surface area contributed by atoms with Gasteiger partial charge >= 0.3 is 0 Å². The van der Waals surface area contributed by atoms with E-state index in [9.17, 15) is 9.59 Å². The Labute approximate surface area is 190 Å². The van der Waals surface area contributed by atoms with E-state index >= 15 is 0 Å². The Hall–Kier alpha value is -2.86. The lowest BCUT2D eigenvalue weighted by molar-refractivity contribution is -0.143. The molecule has 1 N–H and O–H groups in total. The van der Waals surface area contributed by atoms with Gasteiger partial charge in [0, 0.05) is 44.2 Å². The Morgan fingerprint density at radius 2 is 1.75 bits per heavy atom. The number of carbonyl (C=O) groups is 2. The van der Waals surface area contributed by atoms with Crippen LogP contribution in [-0.2, 0) is 16.1 Å². The Morgan fingerprint density at radius 3 is 2.47 bits per heavy atom. The van der Waals surface area contributed by atoms with E-state index in [0.717, 1.165) is 56.6 Å². The van der Waals surface area contributed by atoms with Crippen LogP contribution in [0.1, 0.15) is 49.3 Å². The van der Waals surface area contributed by atoms with Crippen molar-refractivity contribution in [3.05, 3.63) is 65.7 Å². The van der Waals surface area contributed by atoms with Gasteiger partial charge in [0.1, 0.15) is 11.8 Å². The predicted molar refractivity (Wildman–Crippen MR) is 124 cm³/mol. The number of nitrogens with zero attached hydrogens (tertiary/aromatic N) is 2. The van der Waals surface area contributed by atoms with E-state index in [2.05, 4.69) is 16.3 Å². The Bertz CT molecular complexity index is 910. The van der Waals surface area contributed by atoms with E-state index in [1.165, 1.54) is 5.56 Å². The number of likely N-dealkylation sites (tertiary alicyclic amines) is 2. The number of rotatable bonds is 7. The first-order valence-electron chi connectivity index (χ1n) is 11.6. The molecule has 2 heterocycles. The minimum Gasteiger partial charge on any atom is -0.496 e. The van der Waals surface area contributed by atoms with Crippen LogP contribution in [0.15, 0.2) is 54.6 Å². The van der Waals surface area contributed by atoms with Crippen molar-refractivity contribution in [2.75, 3.05) is 26.7 Å². The third-order valence-electron chi connectivity index (χ3n) is 6.56. The summed E-state index contributed by atoms with van der Waals surface area (Å²) in [5.41, 5.74) is 2.07. The second kappa shape index (κ2) is 10.6. The van der Waals surface area contributed by atoms with E-state index in [1.54, 1.807) is 12.0 Å².